The molecule has 139 valence electrons. The molecule has 0 aromatic heterocycles. The Morgan fingerprint density at radius 2 is 0.913 bits per heavy atom. The molecule has 0 heterocycles. The molecule has 0 saturated heterocycles. The zero-order valence-electron chi connectivity index (χ0n) is 15.9. The summed E-state index contributed by atoms with van der Waals surface area (Å²) in [4.78, 5) is 11.6. The second-order valence-corrected chi connectivity index (χ2v) is 7.71. The Morgan fingerprint density at radius 3 is 1.30 bits per heavy atom. The molecular weight excluding hydrogens is 324 g/mol. The second-order valence-electron chi connectivity index (χ2n) is 7.16. The third-order valence-electron chi connectivity index (χ3n) is 4.87. The third-order valence-corrected chi connectivity index (χ3v) is 5.32. The maximum absolute atomic E-state index is 11.6. The van der Waals surface area contributed by atoms with Crippen LogP contribution in [0.1, 0.15) is 123 Å². The fourth-order valence-corrected chi connectivity index (χ4v) is 3.56. The van der Waals surface area contributed by atoms with Crippen LogP contribution in [-0.4, -0.2) is 4.68 Å². The van der Waals surface area contributed by atoms with Crippen LogP contribution in [0.4, 0.5) is 0 Å². The van der Waals surface area contributed by atoms with Gasteiger partial charge in [0.15, 0.2) is 0 Å². The quantitative estimate of drug-likeness (QED) is 0.183. The van der Waals surface area contributed by atoms with Gasteiger partial charge in [-0.2, -0.15) is 0 Å². The Balaban J connectivity index is 3.34. The van der Waals surface area contributed by atoms with E-state index in [4.69, 9.17) is 0 Å². The molecule has 0 rings (SSSR count). The molecule has 0 aliphatic rings. The van der Waals surface area contributed by atoms with E-state index in [2.05, 4.69) is 29.9 Å². The van der Waals surface area contributed by atoms with Crippen molar-refractivity contribution in [2.24, 2.45) is 5.92 Å². The van der Waals surface area contributed by atoms with Gasteiger partial charge in [0.25, 0.3) is 0 Å². The van der Waals surface area contributed by atoms with Crippen LogP contribution in [-0.2, 0) is 20.8 Å². The van der Waals surface area contributed by atoms with E-state index in [9.17, 15) is 4.79 Å². The standard InChI is InChI=1S/C21H41O.Fe/c1-3-5-7-8-9-10-11-12-13-14-15-17-19-21(20-22)18-16-6-4-2;/h21H,3-19H2,1-2H3;. The number of unbranched alkanes of at least 4 members (excludes halogenated alkanes) is 13. The molecule has 0 amide bonds. The van der Waals surface area contributed by atoms with Crippen LogP contribution in [0.15, 0.2) is 0 Å². The summed E-state index contributed by atoms with van der Waals surface area (Å²) >= 11 is 3.65. The van der Waals surface area contributed by atoms with Crippen molar-refractivity contribution in [2.75, 3.05) is 0 Å². The molecular formula is C21H41FeO. The van der Waals surface area contributed by atoms with Crippen molar-refractivity contribution in [3.63, 3.8) is 0 Å². The SMILES string of the molecule is CCCCCCCCCCCCCCC(CCCCC)[C](=O)[Fe]. The Bertz CT molecular complexity index is 252. The number of hydrogen-bond donors (Lipinski definition) is 0. The number of carbonyl (C=O) groups excluding carboxylic acids is 1. The van der Waals surface area contributed by atoms with E-state index in [-0.39, 0.29) is 10.6 Å². The van der Waals surface area contributed by atoms with Gasteiger partial charge in [-0.3, -0.25) is 0 Å². The summed E-state index contributed by atoms with van der Waals surface area (Å²) in [5.41, 5.74) is 0. The molecule has 1 atom stereocenters. The summed E-state index contributed by atoms with van der Waals surface area (Å²) in [6, 6.07) is 0. The number of rotatable bonds is 18. The van der Waals surface area contributed by atoms with Gasteiger partial charge in [-0.05, 0) is 0 Å². The Morgan fingerprint density at radius 1 is 0.609 bits per heavy atom. The van der Waals surface area contributed by atoms with Crippen LogP contribution in [0, 0.1) is 5.92 Å². The van der Waals surface area contributed by atoms with Crippen LogP contribution in [0.2, 0.25) is 0 Å². The molecule has 0 aromatic carbocycles. The van der Waals surface area contributed by atoms with E-state index in [0.717, 1.165) is 12.8 Å². The van der Waals surface area contributed by atoms with Crippen LogP contribution in [0.25, 0.3) is 0 Å². The molecule has 0 spiro atoms. The zero-order chi connectivity index (χ0) is 17.2. The molecule has 1 nitrogen and oxygen atoms in total. The molecule has 0 N–H and O–H groups in total. The first-order valence-electron chi connectivity index (χ1n) is 10.4. The molecule has 0 aromatic rings. The minimum atomic E-state index is 0.171. The third kappa shape index (κ3) is 16.8. The predicted molar refractivity (Wildman–Crippen MR) is 98.3 cm³/mol. The average molecular weight is 365 g/mol. The zero-order valence-corrected chi connectivity index (χ0v) is 17.0. The van der Waals surface area contributed by atoms with Gasteiger partial charge in [0.2, 0.25) is 0 Å². The summed E-state index contributed by atoms with van der Waals surface area (Å²) in [6.07, 6.45) is 22.4. The minimum absolute atomic E-state index is 0.171. The van der Waals surface area contributed by atoms with Crippen LogP contribution in [0.3, 0.4) is 0 Å². The van der Waals surface area contributed by atoms with E-state index >= 15 is 0 Å². The van der Waals surface area contributed by atoms with Gasteiger partial charge in [0.05, 0.1) is 0 Å². The van der Waals surface area contributed by atoms with E-state index in [1.807, 2.05) is 0 Å². The maximum atomic E-state index is 11.6. The van der Waals surface area contributed by atoms with Gasteiger partial charge in [0.1, 0.15) is 0 Å². The second kappa shape index (κ2) is 18.5. The van der Waals surface area contributed by atoms with Crippen molar-refractivity contribution in [1.29, 1.82) is 0 Å². The molecule has 2 heteroatoms. The first-order valence-corrected chi connectivity index (χ1v) is 11.0. The molecule has 0 bridgehead atoms. The first-order chi connectivity index (χ1) is 11.2. The van der Waals surface area contributed by atoms with Gasteiger partial charge < -0.3 is 0 Å². The van der Waals surface area contributed by atoms with E-state index in [0.29, 0.717) is 0 Å². The monoisotopic (exact) mass is 365 g/mol. The molecule has 0 saturated carbocycles. The van der Waals surface area contributed by atoms with Crippen molar-refractivity contribution < 1.29 is 20.8 Å². The average Bonchev–Trinajstić information content (AvgIpc) is 2.54. The number of carbonyl (C=O) groups is 1. The van der Waals surface area contributed by atoms with Crippen LogP contribution < -0.4 is 0 Å². The summed E-state index contributed by atoms with van der Waals surface area (Å²) in [6.45, 7) is 4.49. The van der Waals surface area contributed by atoms with Gasteiger partial charge in [0, 0.05) is 0 Å². The van der Waals surface area contributed by atoms with Crippen molar-refractivity contribution in [3.8, 4) is 0 Å². The van der Waals surface area contributed by atoms with Crippen molar-refractivity contribution in [2.45, 2.75) is 123 Å². The Kier molecular flexibility index (Phi) is 18.7. The fourth-order valence-electron chi connectivity index (χ4n) is 3.24. The van der Waals surface area contributed by atoms with Crippen molar-refractivity contribution >= 4 is 4.68 Å². The van der Waals surface area contributed by atoms with Crippen molar-refractivity contribution in [1.82, 2.24) is 0 Å². The summed E-state index contributed by atoms with van der Waals surface area (Å²) < 4.78 is 0.171. The molecule has 0 aliphatic heterocycles. The van der Waals surface area contributed by atoms with Gasteiger partial charge in [-0.15, -0.1) is 0 Å². The van der Waals surface area contributed by atoms with Crippen molar-refractivity contribution in [3.05, 3.63) is 0 Å². The normalized spacial score (nSPS) is 12.5. The van der Waals surface area contributed by atoms with Gasteiger partial charge in [-0.25, -0.2) is 0 Å². The van der Waals surface area contributed by atoms with E-state index in [1.165, 1.54) is 96.3 Å². The summed E-state index contributed by atoms with van der Waals surface area (Å²) in [7, 11) is 0. The molecule has 0 aliphatic carbocycles. The predicted octanol–water partition coefficient (Wildman–Crippen LogP) is 7.35. The summed E-state index contributed by atoms with van der Waals surface area (Å²) in [5, 5.41) is 0. The molecule has 1 unspecified atom stereocenters. The molecule has 23 heavy (non-hydrogen) atoms. The first kappa shape index (κ1) is 23.2. The Labute approximate surface area is 154 Å². The molecule has 0 fully saturated rings. The number of hydrogen-bond acceptors (Lipinski definition) is 1. The van der Waals surface area contributed by atoms with Gasteiger partial charge >= 0.3 is 128 Å². The Hall–Kier alpha value is 0.189. The summed E-state index contributed by atoms with van der Waals surface area (Å²) in [5.74, 6) is 0.240. The van der Waals surface area contributed by atoms with Crippen LogP contribution in [0.5, 0.6) is 0 Å². The van der Waals surface area contributed by atoms with Gasteiger partial charge in [-0.1, -0.05) is 26.2 Å². The molecule has 0 radical (unpaired) electrons. The fraction of sp³-hybridized carbons (Fsp3) is 0.952. The van der Waals surface area contributed by atoms with Crippen LogP contribution >= 0.6 is 0 Å². The topological polar surface area (TPSA) is 17.1 Å². The van der Waals surface area contributed by atoms with E-state index < -0.39 is 0 Å². The van der Waals surface area contributed by atoms with E-state index in [1.54, 1.807) is 0 Å².